The topological polar surface area (TPSA) is 121 Å². The van der Waals surface area contributed by atoms with Crippen molar-refractivity contribution in [1.29, 1.82) is 0 Å². The second-order valence-electron chi connectivity index (χ2n) is 4.33. The molecule has 7 nitrogen and oxygen atoms in total. The van der Waals surface area contributed by atoms with Crippen LogP contribution in [0.1, 0.15) is 36.5 Å². The van der Waals surface area contributed by atoms with Gasteiger partial charge in [0.15, 0.2) is 0 Å². The minimum atomic E-state index is -1.82. The maximum Gasteiger partial charge on any atom is 0.414 e. The highest BCUT2D eigenvalue weighted by Crippen LogP contribution is 2.38. The molecule has 0 aliphatic heterocycles. The van der Waals surface area contributed by atoms with Gasteiger partial charge in [0, 0.05) is 0 Å². The van der Waals surface area contributed by atoms with Crippen molar-refractivity contribution in [2.45, 2.75) is 26.2 Å². The maximum atomic E-state index is 11.8. The third kappa shape index (κ3) is 7.25. The molecule has 0 aromatic heterocycles. The maximum absolute atomic E-state index is 11.8. The van der Waals surface area contributed by atoms with E-state index in [9.17, 15) is 9.90 Å². The summed E-state index contributed by atoms with van der Waals surface area (Å²) in [5.41, 5.74) is -0.189. The van der Waals surface area contributed by atoms with Gasteiger partial charge in [-0.1, -0.05) is 54.6 Å². The summed E-state index contributed by atoms with van der Waals surface area (Å²) in [6.45, 7) is 2.31. The van der Waals surface area contributed by atoms with Gasteiger partial charge in [-0.2, -0.15) is 0 Å². The Hall–Kier alpha value is -1.70. The third-order valence-corrected chi connectivity index (χ3v) is 3.59. The molecule has 0 heterocycles. The van der Waals surface area contributed by atoms with E-state index >= 15 is 0 Å². The average molecular weight is 402 g/mol. The Morgan fingerprint density at radius 2 is 1.58 bits per heavy atom. The molecule has 1 aromatic rings. The quantitative estimate of drug-likeness (QED) is 0.296. The molecule has 0 bridgehead atoms. The van der Waals surface area contributed by atoms with Gasteiger partial charge in [-0.3, -0.25) is 0 Å². The van der Waals surface area contributed by atoms with Gasteiger partial charge >= 0.3 is 17.9 Å². The number of esters is 1. The highest BCUT2D eigenvalue weighted by molar-refractivity contribution is 6.45. The second-order valence-corrected chi connectivity index (χ2v) is 5.52. The molecule has 134 valence electrons. The van der Waals surface area contributed by atoms with Gasteiger partial charge in [-0.05, 0) is 12.5 Å². The van der Waals surface area contributed by atoms with Crippen molar-refractivity contribution < 1.29 is 34.4 Å². The van der Waals surface area contributed by atoms with Crippen molar-refractivity contribution in [3.63, 3.8) is 0 Å². The zero-order chi connectivity index (χ0) is 18.9. The molecule has 0 spiro atoms. The molecule has 0 saturated heterocycles. The number of halogens is 3. The van der Waals surface area contributed by atoms with Crippen LogP contribution in [0.4, 0.5) is 0 Å². The number of unbranched alkanes of at least 4 members (excludes halogenated alkanes) is 2. The molecule has 0 radical (unpaired) electrons. The molecule has 0 saturated carbocycles. The van der Waals surface area contributed by atoms with Crippen molar-refractivity contribution in [1.82, 2.24) is 0 Å². The van der Waals surface area contributed by atoms with Gasteiger partial charge in [0.2, 0.25) is 0 Å². The first kappa shape index (κ1) is 22.3. The van der Waals surface area contributed by atoms with Crippen molar-refractivity contribution in [2.24, 2.45) is 0 Å². The molecule has 0 atom stereocenters. The number of ether oxygens (including phenoxy) is 1. The summed E-state index contributed by atoms with van der Waals surface area (Å²) in [4.78, 5) is 30.0. The van der Waals surface area contributed by atoms with Crippen molar-refractivity contribution >= 4 is 52.7 Å². The molecular weight excluding hydrogens is 387 g/mol. The first-order chi connectivity index (χ1) is 11.1. The zero-order valence-electron chi connectivity index (χ0n) is 12.5. The predicted molar refractivity (Wildman–Crippen MR) is 88.2 cm³/mol. The summed E-state index contributed by atoms with van der Waals surface area (Å²) >= 11 is 17.4. The summed E-state index contributed by atoms with van der Waals surface area (Å²) in [6.07, 6.45) is 2.74. The first-order valence-electron chi connectivity index (χ1n) is 6.63. The Labute approximate surface area is 152 Å². The van der Waals surface area contributed by atoms with E-state index in [1.165, 1.54) is 6.07 Å². The fourth-order valence-electron chi connectivity index (χ4n) is 1.36. The smallest absolute Gasteiger partial charge is 0.414 e. The van der Waals surface area contributed by atoms with Gasteiger partial charge in [0.25, 0.3) is 0 Å². The lowest BCUT2D eigenvalue weighted by atomic mass is 10.2. The van der Waals surface area contributed by atoms with E-state index in [2.05, 4.69) is 0 Å². The van der Waals surface area contributed by atoms with Crippen LogP contribution >= 0.6 is 34.8 Å². The molecule has 0 aliphatic rings. The van der Waals surface area contributed by atoms with E-state index in [4.69, 9.17) is 59.3 Å². The molecule has 10 heteroatoms. The number of phenols is 1. The van der Waals surface area contributed by atoms with Crippen LogP contribution in [-0.4, -0.2) is 39.8 Å². The predicted octanol–water partition coefficient (Wildman–Crippen LogP) is 3.86. The number of carbonyl (C=O) groups is 3. The standard InChI is InChI=1S/C12H13Cl3O3.C2H2O4/c1-2-3-4-5-18-12(17)9-10(15)7(13)6-8(14)11(9)16;3-1(4)2(5)6/h6,16H,2-5H2,1H3;(H,3,4)(H,5,6). The molecule has 3 N–H and O–H groups in total. The van der Waals surface area contributed by atoms with Gasteiger partial charge in [-0.25, -0.2) is 14.4 Å². The second kappa shape index (κ2) is 11.0. The van der Waals surface area contributed by atoms with E-state index in [0.717, 1.165) is 19.3 Å². The van der Waals surface area contributed by atoms with Gasteiger partial charge in [0.1, 0.15) is 11.3 Å². The summed E-state index contributed by atoms with van der Waals surface area (Å²) in [5.74, 6) is -4.78. The van der Waals surface area contributed by atoms with Crippen LogP contribution in [-0.2, 0) is 14.3 Å². The minimum Gasteiger partial charge on any atom is -0.505 e. The first-order valence-corrected chi connectivity index (χ1v) is 7.76. The molecular formula is C14H15Cl3O7. The van der Waals surface area contributed by atoms with Crippen LogP contribution in [0.3, 0.4) is 0 Å². The van der Waals surface area contributed by atoms with E-state index in [0.29, 0.717) is 0 Å². The Morgan fingerprint density at radius 1 is 1.04 bits per heavy atom. The van der Waals surface area contributed by atoms with Crippen LogP contribution in [0.15, 0.2) is 6.07 Å². The lowest BCUT2D eigenvalue weighted by Gasteiger charge is -2.10. The summed E-state index contributed by atoms with van der Waals surface area (Å²) in [7, 11) is 0. The molecule has 1 rings (SSSR count). The molecule has 0 aliphatic carbocycles. The monoisotopic (exact) mass is 400 g/mol. The van der Waals surface area contributed by atoms with Gasteiger partial charge in [0.05, 0.1) is 21.7 Å². The molecule has 0 fully saturated rings. The van der Waals surface area contributed by atoms with E-state index in [1.54, 1.807) is 0 Å². The number of benzene rings is 1. The fraction of sp³-hybridized carbons (Fsp3) is 0.357. The van der Waals surface area contributed by atoms with E-state index in [1.807, 2.05) is 6.92 Å². The van der Waals surface area contributed by atoms with Crippen molar-refractivity contribution in [3.8, 4) is 5.75 Å². The molecule has 1 aromatic carbocycles. The number of phenolic OH excluding ortho intramolecular Hbond substituents is 1. The largest absolute Gasteiger partial charge is 0.505 e. The minimum absolute atomic E-state index is 0.0371. The molecule has 0 unspecified atom stereocenters. The number of hydrogen-bond donors (Lipinski definition) is 3. The normalized spacial score (nSPS) is 9.67. The van der Waals surface area contributed by atoms with Crippen LogP contribution in [0.2, 0.25) is 15.1 Å². The van der Waals surface area contributed by atoms with Gasteiger partial charge in [-0.15, -0.1) is 0 Å². The Bertz CT molecular complexity index is 579. The lowest BCUT2D eigenvalue weighted by Crippen LogP contribution is -2.09. The summed E-state index contributed by atoms with van der Waals surface area (Å²) in [5, 5.41) is 24.5. The van der Waals surface area contributed by atoms with Crippen LogP contribution in [0.5, 0.6) is 5.75 Å². The Morgan fingerprint density at radius 3 is 2.04 bits per heavy atom. The summed E-state index contributed by atoms with van der Waals surface area (Å²) in [6, 6.07) is 1.27. The Kier molecular flexibility index (Phi) is 10.2. The number of hydrogen-bond acceptors (Lipinski definition) is 5. The summed E-state index contributed by atoms with van der Waals surface area (Å²) < 4.78 is 5.00. The lowest BCUT2D eigenvalue weighted by molar-refractivity contribution is -0.159. The number of aromatic hydroxyl groups is 1. The fourth-order valence-corrected chi connectivity index (χ4v) is 2.05. The Balaban J connectivity index is 0.000000754. The van der Waals surface area contributed by atoms with Crippen LogP contribution in [0, 0.1) is 0 Å². The number of aliphatic carboxylic acids is 2. The number of carboxylic acids is 2. The van der Waals surface area contributed by atoms with E-state index < -0.39 is 23.7 Å². The number of rotatable bonds is 5. The van der Waals surface area contributed by atoms with Crippen LogP contribution < -0.4 is 0 Å². The SMILES string of the molecule is CCCCCOC(=O)c1c(O)c(Cl)cc(Cl)c1Cl.O=C(O)C(=O)O. The van der Waals surface area contributed by atoms with Crippen LogP contribution in [0.25, 0.3) is 0 Å². The van der Waals surface area contributed by atoms with E-state index in [-0.39, 0.29) is 27.2 Å². The zero-order valence-corrected chi connectivity index (χ0v) is 14.8. The highest BCUT2D eigenvalue weighted by Gasteiger charge is 2.22. The molecule has 24 heavy (non-hydrogen) atoms. The number of carboxylic acid groups (broad SMARTS) is 2. The molecule has 0 amide bonds. The van der Waals surface area contributed by atoms with Crippen molar-refractivity contribution in [2.75, 3.05) is 6.61 Å². The number of carbonyl (C=O) groups excluding carboxylic acids is 1. The third-order valence-electron chi connectivity index (χ3n) is 2.51. The van der Waals surface area contributed by atoms with Crippen molar-refractivity contribution in [3.05, 3.63) is 26.7 Å². The average Bonchev–Trinajstić information content (AvgIpc) is 2.50. The highest BCUT2D eigenvalue weighted by atomic mass is 35.5. The van der Waals surface area contributed by atoms with Gasteiger partial charge < -0.3 is 20.1 Å².